The summed E-state index contributed by atoms with van der Waals surface area (Å²) >= 11 is 0. The molecule has 222 valence electrons. The van der Waals surface area contributed by atoms with Gasteiger partial charge in [0.15, 0.2) is 18.1 Å². The summed E-state index contributed by atoms with van der Waals surface area (Å²) in [6.07, 6.45) is -7.86. The van der Waals surface area contributed by atoms with Crippen LogP contribution in [0.3, 0.4) is 0 Å². The minimum Gasteiger partial charge on any atom is -0.467 e. The van der Waals surface area contributed by atoms with E-state index in [1.54, 1.807) is 74.5 Å². The Morgan fingerprint density at radius 1 is 0.927 bits per heavy atom. The van der Waals surface area contributed by atoms with Crippen molar-refractivity contribution in [2.24, 2.45) is 0 Å². The molecule has 0 saturated carbocycles. The minimum atomic E-state index is -1.85. The van der Waals surface area contributed by atoms with Gasteiger partial charge in [0.25, 0.3) is 0 Å². The zero-order valence-electron chi connectivity index (χ0n) is 23.1. The van der Waals surface area contributed by atoms with Crippen LogP contribution in [-0.2, 0) is 51.2 Å². The molecule has 0 unspecified atom stereocenters. The third-order valence-corrected chi connectivity index (χ3v) is 6.49. The smallest absolute Gasteiger partial charge is 0.430 e. The van der Waals surface area contributed by atoms with Crippen molar-refractivity contribution in [3.05, 3.63) is 71.8 Å². The number of aliphatic hydroxyl groups is 1. The first kappa shape index (κ1) is 30.2. The normalized spacial score (nSPS) is 24.0. The third-order valence-electron chi connectivity index (χ3n) is 6.49. The van der Waals surface area contributed by atoms with Gasteiger partial charge in [-0.05, 0) is 25.0 Å². The highest BCUT2D eigenvalue weighted by atomic mass is 16.8. The number of hydrazine groups is 1. The topological polar surface area (TPSA) is 151 Å². The number of rotatable bonds is 9. The molecule has 2 fully saturated rings. The van der Waals surface area contributed by atoms with Crippen molar-refractivity contribution in [1.82, 2.24) is 10.4 Å². The molecule has 2 aromatic carbocycles. The van der Waals surface area contributed by atoms with Gasteiger partial charge in [0.05, 0.1) is 7.11 Å². The number of hydrogen-bond acceptors (Lipinski definition) is 11. The maximum Gasteiger partial charge on any atom is 0.430 e. The van der Waals surface area contributed by atoms with E-state index in [2.05, 4.69) is 5.43 Å². The zero-order valence-corrected chi connectivity index (χ0v) is 23.1. The molecule has 2 N–H and O–H groups in total. The van der Waals surface area contributed by atoms with Crippen LogP contribution < -0.4 is 5.43 Å². The Bertz CT molecular complexity index is 1180. The molecule has 2 saturated heterocycles. The lowest BCUT2D eigenvalue weighted by Crippen LogP contribution is -2.63. The Hall–Kier alpha value is -3.75. The lowest BCUT2D eigenvalue weighted by Gasteiger charge is -2.35. The first-order chi connectivity index (χ1) is 19.6. The fraction of sp³-hybridized carbons (Fsp3) is 0.464. The fourth-order valence-corrected chi connectivity index (χ4v) is 4.63. The number of fused-ring (bicyclic) bond motifs is 1. The Morgan fingerprint density at radius 2 is 1.49 bits per heavy atom. The Morgan fingerprint density at radius 3 is 2.05 bits per heavy atom. The summed E-state index contributed by atoms with van der Waals surface area (Å²) in [5.74, 6) is -2.11. The van der Waals surface area contributed by atoms with Crippen molar-refractivity contribution >= 4 is 18.2 Å². The number of hydrogen-bond donors (Lipinski definition) is 2. The Balaban J connectivity index is 1.58. The molecule has 2 aliphatic heterocycles. The molecule has 0 aromatic heterocycles. The van der Waals surface area contributed by atoms with Crippen LogP contribution in [-0.4, -0.2) is 85.0 Å². The maximum absolute atomic E-state index is 13.4. The highest BCUT2D eigenvalue weighted by Gasteiger charge is 2.60. The van der Waals surface area contributed by atoms with E-state index in [-0.39, 0.29) is 13.2 Å². The van der Waals surface area contributed by atoms with E-state index in [1.165, 1.54) is 7.11 Å². The van der Waals surface area contributed by atoms with Crippen LogP contribution in [0.1, 0.15) is 25.0 Å². The highest BCUT2D eigenvalue weighted by molar-refractivity contribution is 5.83. The standard InChI is InChI=1S/C28H34N2O11/c1-28(2)40-22-21(39-25(36-4)23(22)41-28)20(31)19(24(32)35-3)30(27(34)38-16-18-13-9-6-10-14-18)29-26(33)37-15-17-11-7-5-8-12-17/h5-14,19-23,25,31H,15-16H2,1-4H3,(H,29,33)/t19-,20+,21+,22+,23+,25+/m0/s1. The van der Waals surface area contributed by atoms with Gasteiger partial charge in [-0.3, -0.25) is 0 Å². The van der Waals surface area contributed by atoms with Crippen molar-refractivity contribution in [2.45, 2.75) is 69.6 Å². The van der Waals surface area contributed by atoms with E-state index in [4.69, 9.17) is 33.2 Å². The first-order valence-electron chi connectivity index (χ1n) is 12.9. The van der Waals surface area contributed by atoms with Gasteiger partial charge in [0, 0.05) is 7.11 Å². The van der Waals surface area contributed by atoms with Crippen molar-refractivity contribution in [3.63, 3.8) is 0 Å². The molecule has 41 heavy (non-hydrogen) atoms. The molecule has 0 radical (unpaired) electrons. The van der Waals surface area contributed by atoms with Gasteiger partial charge in [0.2, 0.25) is 0 Å². The lowest BCUT2D eigenvalue weighted by molar-refractivity contribution is -0.240. The van der Waals surface area contributed by atoms with E-state index in [0.29, 0.717) is 16.1 Å². The first-order valence-corrected chi connectivity index (χ1v) is 12.9. The molecule has 2 amide bonds. The molecule has 0 aliphatic carbocycles. The molecule has 2 aromatic rings. The number of esters is 1. The van der Waals surface area contributed by atoms with E-state index in [1.807, 2.05) is 0 Å². The average molecular weight is 575 g/mol. The molecule has 0 bridgehead atoms. The summed E-state index contributed by atoms with van der Waals surface area (Å²) in [5, 5.41) is 12.0. The largest absolute Gasteiger partial charge is 0.467 e. The number of ether oxygens (including phenoxy) is 7. The summed E-state index contributed by atoms with van der Waals surface area (Å²) in [4.78, 5) is 39.2. The Labute approximate surface area is 237 Å². The molecular formula is C28H34N2O11. The van der Waals surface area contributed by atoms with Crippen LogP contribution in [0.4, 0.5) is 9.59 Å². The van der Waals surface area contributed by atoms with Crippen LogP contribution in [0.15, 0.2) is 60.7 Å². The van der Waals surface area contributed by atoms with Crippen molar-refractivity contribution in [1.29, 1.82) is 0 Å². The lowest BCUT2D eigenvalue weighted by atomic mass is 9.99. The Kier molecular flexibility index (Phi) is 9.78. The monoisotopic (exact) mass is 574 g/mol. The number of amides is 2. The molecule has 0 spiro atoms. The number of nitrogens with zero attached hydrogens (tertiary/aromatic N) is 1. The van der Waals surface area contributed by atoms with Crippen LogP contribution >= 0.6 is 0 Å². The molecule has 13 heteroatoms. The summed E-state index contributed by atoms with van der Waals surface area (Å²) in [6.45, 7) is 3.03. The van der Waals surface area contributed by atoms with E-state index < -0.39 is 60.7 Å². The second-order valence-corrected chi connectivity index (χ2v) is 9.81. The second-order valence-electron chi connectivity index (χ2n) is 9.81. The van der Waals surface area contributed by atoms with Crippen LogP contribution in [0.25, 0.3) is 0 Å². The van der Waals surface area contributed by atoms with Gasteiger partial charge >= 0.3 is 18.2 Å². The van der Waals surface area contributed by atoms with Crippen LogP contribution in [0.5, 0.6) is 0 Å². The summed E-state index contributed by atoms with van der Waals surface area (Å²) in [6, 6.07) is 15.7. The summed E-state index contributed by atoms with van der Waals surface area (Å²) in [7, 11) is 2.46. The summed E-state index contributed by atoms with van der Waals surface area (Å²) < 4.78 is 38.5. The fourth-order valence-electron chi connectivity index (χ4n) is 4.63. The van der Waals surface area contributed by atoms with E-state index >= 15 is 0 Å². The zero-order chi connectivity index (χ0) is 29.6. The highest BCUT2D eigenvalue weighted by Crippen LogP contribution is 2.40. The van der Waals surface area contributed by atoms with E-state index in [9.17, 15) is 19.5 Å². The van der Waals surface area contributed by atoms with Gasteiger partial charge in [-0.2, -0.15) is 5.01 Å². The molecule has 13 nitrogen and oxygen atoms in total. The molecule has 2 heterocycles. The predicted octanol–water partition coefficient (Wildman–Crippen LogP) is 2.26. The average Bonchev–Trinajstić information content (AvgIpc) is 3.47. The molecule has 2 aliphatic rings. The van der Waals surface area contributed by atoms with Gasteiger partial charge in [-0.25, -0.2) is 19.8 Å². The van der Waals surface area contributed by atoms with Crippen LogP contribution in [0, 0.1) is 0 Å². The van der Waals surface area contributed by atoms with Crippen LogP contribution in [0.2, 0.25) is 0 Å². The number of carbonyl (C=O) groups is 3. The van der Waals surface area contributed by atoms with Gasteiger partial charge in [-0.15, -0.1) is 0 Å². The molecule has 6 atom stereocenters. The molecular weight excluding hydrogens is 540 g/mol. The maximum atomic E-state index is 13.4. The SMILES string of the molecule is COC(=O)[C@H]([C@@H](O)[C@H]1O[C@@H](OC)[C@@H]2OC(C)(C)O[C@H]12)N(NC(=O)OCc1ccccc1)C(=O)OCc1ccccc1. The minimum absolute atomic E-state index is 0.129. The van der Waals surface area contributed by atoms with Crippen molar-refractivity contribution in [3.8, 4) is 0 Å². The quantitative estimate of drug-likeness (QED) is 0.258. The number of aliphatic hydroxyl groups excluding tert-OH is 1. The third kappa shape index (κ3) is 7.31. The van der Waals surface area contributed by atoms with Gasteiger partial charge < -0.3 is 38.3 Å². The van der Waals surface area contributed by atoms with Gasteiger partial charge in [-0.1, -0.05) is 60.7 Å². The van der Waals surface area contributed by atoms with Crippen molar-refractivity contribution < 1.29 is 52.6 Å². The van der Waals surface area contributed by atoms with E-state index in [0.717, 1.165) is 7.11 Å². The van der Waals surface area contributed by atoms with Gasteiger partial charge in [0.1, 0.15) is 37.6 Å². The number of carbonyl (C=O) groups excluding carboxylic acids is 3. The predicted molar refractivity (Wildman–Crippen MR) is 140 cm³/mol. The van der Waals surface area contributed by atoms with Crippen molar-refractivity contribution in [2.75, 3.05) is 14.2 Å². The molecule has 4 rings (SSSR count). The summed E-state index contributed by atoms with van der Waals surface area (Å²) in [5.41, 5.74) is 3.55. The number of nitrogens with one attached hydrogen (secondary N) is 1. The number of benzene rings is 2. The number of methoxy groups -OCH3 is 2. The second kappa shape index (κ2) is 13.3.